The first kappa shape index (κ1) is 19.0. The molecule has 1 amide bonds. The Morgan fingerprint density at radius 1 is 1.24 bits per heavy atom. The number of aryl methyl sites for hydroxylation is 1. The standard InChI is InChI=1S/C20H20FN5O3/c1-12-23-19(22)15-6-7-16(25-20(15)24-12)17-10-26(8-9-28-17)18(27)11-29-14-4-2-13(21)3-5-14/h2-7,17H,8-11H2,1H3,(H2,22,23,24,25). The molecular weight excluding hydrogens is 377 g/mol. The number of aromatic nitrogens is 3. The Bertz CT molecular complexity index is 1040. The zero-order chi connectivity index (χ0) is 20.4. The van der Waals surface area contributed by atoms with E-state index < -0.39 is 0 Å². The van der Waals surface area contributed by atoms with Crippen LogP contribution in [0.15, 0.2) is 36.4 Å². The fourth-order valence-corrected chi connectivity index (χ4v) is 3.16. The SMILES string of the molecule is Cc1nc(N)c2ccc(C3CN(C(=O)COc4ccc(F)cc4)CCO3)nc2n1. The summed E-state index contributed by atoms with van der Waals surface area (Å²) in [4.78, 5) is 27.2. The smallest absolute Gasteiger partial charge is 0.260 e. The second kappa shape index (κ2) is 7.96. The number of carbonyl (C=O) groups is 1. The van der Waals surface area contributed by atoms with Crippen molar-refractivity contribution in [2.24, 2.45) is 0 Å². The molecular formula is C20H20FN5O3. The van der Waals surface area contributed by atoms with Crippen LogP contribution >= 0.6 is 0 Å². The van der Waals surface area contributed by atoms with Gasteiger partial charge in [0.15, 0.2) is 12.3 Å². The molecule has 4 rings (SSSR count). The van der Waals surface area contributed by atoms with Gasteiger partial charge in [0.2, 0.25) is 0 Å². The molecule has 1 saturated heterocycles. The predicted octanol–water partition coefficient (Wildman–Crippen LogP) is 2.03. The van der Waals surface area contributed by atoms with Crippen LogP contribution < -0.4 is 10.5 Å². The fourth-order valence-electron chi connectivity index (χ4n) is 3.16. The third-order valence-electron chi connectivity index (χ3n) is 4.65. The van der Waals surface area contributed by atoms with E-state index in [0.717, 1.165) is 0 Å². The highest BCUT2D eigenvalue weighted by molar-refractivity contribution is 5.85. The van der Waals surface area contributed by atoms with E-state index in [1.165, 1.54) is 24.3 Å². The Morgan fingerprint density at radius 2 is 2.03 bits per heavy atom. The molecule has 1 fully saturated rings. The van der Waals surface area contributed by atoms with Gasteiger partial charge in [0.05, 0.1) is 24.2 Å². The van der Waals surface area contributed by atoms with Crippen LogP contribution in [0.1, 0.15) is 17.6 Å². The van der Waals surface area contributed by atoms with E-state index in [-0.39, 0.29) is 24.4 Å². The van der Waals surface area contributed by atoms with Crippen molar-refractivity contribution < 1.29 is 18.7 Å². The largest absolute Gasteiger partial charge is 0.484 e. The van der Waals surface area contributed by atoms with Crippen LogP contribution in [0.25, 0.3) is 11.0 Å². The van der Waals surface area contributed by atoms with Gasteiger partial charge in [-0.25, -0.2) is 19.3 Å². The van der Waals surface area contributed by atoms with Crippen LogP contribution in [0.3, 0.4) is 0 Å². The van der Waals surface area contributed by atoms with Crippen LogP contribution in [0.4, 0.5) is 10.2 Å². The number of ether oxygens (including phenoxy) is 2. The Hall–Kier alpha value is -3.33. The molecule has 1 aliphatic rings. The van der Waals surface area contributed by atoms with Crippen molar-refractivity contribution in [1.29, 1.82) is 0 Å². The van der Waals surface area contributed by atoms with E-state index >= 15 is 0 Å². The van der Waals surface area contributed by atoms with Gasteiger partial charge in [-0.05, 0) is 43.3 Å². The third kappa shape index (κ3) is 4.24. The summed E-state index contributed by atoms with van der Waals surface area (Å²) >= 11 is 0. The highest BCUT2D eigenvalue weighted by Gasteiger charge is 2.27. The van der Waals surface area contributed by atoms with Crippen molar-refractivity contribution in [2.75, 3.05) is 32.0 Å². The number of nitrogen functional groups attached to an aromatic ring is 1. The first-order valence-electron chi connectivity index (χ1n) is 9.18. The first-order valence-corrected chi connectivity index (χ1v) is 9.18. The normalized spacial score (nSPS) is 16.8. The summed E-state index contributed by atoms with van der Waals surface area (Å²) in [6, 6.07) is 9.17. The molecule has 1 aliphatic heterocycles. The van der Waals surface area contributed by atoms with E-state index in [9.17, 15) is 9.18 Å². The lowest BCUT2D eigenvalue weighted by Crippen LogP contribution is -2.44. The average Bonchev–Trinajstić information content (AvgIpc) is 2.72. The highest BCUT2D eigenvalue weighted by Crippen LogP contribution is 2.24. The van der Waals surface area contributed by atoms with Gasteiger partial charge in [-0.1, -0.05) is 0 Å². The van der Waals surface area contributed by atoms with Gasteiger partial charge in [-0.3, -0.25) is 4.79 Å². The molecule has 0 radical (unpaired) electrons. The number of fused-ring (bicyclic) bond motifs is 1. The summed E-state index contributed by atoms with van der Waals surface area (Å²) in [5.41, 5.74) is 7.10. The molecule has 3 heterocycles. The van der Waals surface area contributed by atoms with Crippen molar-refractivity contribution in [3.8, 4) is 5.75 Å². The number of carbonyl (C=O) groups excluding carboxylic acids is 1. The molecule has 29 heavy (non-hydrogen) atoms. The number of morpholine rings is 1. The summed E-state index contributed by atoms with van der Waals surface area (Å²) in [7, 11) is 0. The number of rotatable bonds is 4. The average molecular weight is 397 g/mol. The predicted molar refractivity (Wildman–Crippen MR) is 104 cm³/mol. The van der Waals surface area contributed by atoms with Crippen molar-refractivity contribution >= 4 is 22.8 Å². The topological polar surface area (TPSA) is 103 Å². The van der Waals surface area contributed by atoms with Crippen molar-refractivity contribution in [1.82, 2.24) is 19.9 Å². The summed E-state index contributed by atoms with van der Waals surface area (Å²) in [6.07, 6.45) is -0.376. The number of amides is 1. The fraction of sp³-hybridized carbons (Fsp3) is 0.300. The number of hydrogen-bond acceptors (Lipinski definition) is 7. The molecule has 8 nitrogen and oxygen atoms in total. The van der Waals surface area contributed by atoms with Gasteiger partial charge >= 0.3 is 0 Å². The number of pyridine rings is 1. The van der Waals surface area contributed by atoms with Gasteiger partial charge in [-0.2, -0.15) is 0 Å². The second-order valence-electron chi connectivity index (χ2n) is 6.71. The van der Waals surface area contributed by atoms with Crippen LogP contribution in [0, 0.1) is 12.7 Å². The van der Waals surface area contributed by atoms with Crippen LogP contribution in [-0.2, 0) is 9.53 Å². The Morgan fingerprint density at radius 3 is 2.83 bits per heavy atom. The molecule has 3 aromatic rings. The minimum absolute atomic E-state index is 0.132. The Balaban J connectivity index is 1.44. The van der Waals surface area contributed by atoms with Gasteiger partial charge in [0.1, 0.15) is 29.3 Å². The van der Waals surface area contributed by atoms with Gasteiger partial charge in [-0.15, -0.1) is 0 Å². The molecule has 0 bridgehead atoms. The van der Waals surface area contributed by atoms with Crippen molar-refractivity contribution in [3.05, 3.63) is 53.7 Å². The molecule has 150 valence electrons. The molecule has 0 aliphatic carbocycles. The maximum Gasteiger partial charge on any atom is 0.260 e. The number of anilines is 1. The lowest BCUT2D eigenvalue weighted by Gasteiger charge is -2.32. The molecule has 0 spiro atoms. The van der Waals surface area contributed by atoms with Crippen molar-refractivity contribution in [3.63, 3.8) is 0 Å². The minimum Gasteiger partial charge on any atom is -0.484 e. The van der Waals surface area contributed by atoms with Gasteiger partial charge < -0.3 is 20.1 Å². The van der Waals surface area contributed by atoms with E-state index in [1.54, 1.807) is 11.8 Å². The number of nitrogens with two attached hydrogens (primary N) is 1. The van der Waals surface area contributed by atoms with E-state index in [2.05, 4.69) is 15.0 Å². The van der Waals surface area contributed by atoms with E-state index in [4.69, 9.17) is 15.2 Å². The number of halogens is 1. The zero-order valence-corrected chi connectivity index (χ0v) is 15.8. The lowest BCUT2D eigenvalue weighted by atomic mass is 10.1. The maximum atomic E-state index is 13.0. The van der Waals surface area contributed by atoms with Gasteiger partial charge in [0, 0.05) is 6.54 Å². The lowest BCUT2D eigenvalue weighted by molar-refractivity contribution is -0.141. The second-order valence-corrected chi connectivity index (χ2v) is 6.71. The quantitative estimate of drug-likeness (QED) is 0.718. The zero-order valence-electron chi connectivity index (χ0n) is 15.8. The Labute approximate surface area is 166 Å². The highest BCUT2D eigenvalue weighted by atomic mass is 19.1. The molecule has 0 saturated carbocycles. The number of hydrogen-bond donors (Lipinski definition) is 1. The molecule has 1 unspecified atom stereocenters. The minimum atomic E-state index is -0.376. The number of benzene rings is 1. The molecule has 1 atom stereocenters. The molecule has 9 heteroatoms. The van der Waals surface area contributed by atoms with E-state index in [1.807, 2.05) is 12.1 Å². The van der Waals surface area contributed by atoms with Crippen molar-refractivity contribution in [2.45, 2.75) is 13.0 Å². The monoisotopic (exact) mass is 397 g/mol. The molecule has 1 aromatic carbocycles. The first-order chi connectivity index (χ1) is 14.0. The summed E-state index contributed by atoms with van der Waals surface area (Å²) in [5, 5.41) is 0.677. The van der Waals surface area contributed by atoms with Gasteiger partial charge in [0.25, 0.3) is 5.91 Å². The maximum absolute atomic E-state index is 13.0. The van der Waals surface area contributed by atoms with Crippen LogP contribution in [0.5, 0.6) is 5.75 Å². The summed E-state index contributed by atoms with van der Waals surface area (Å²) < 4.78 is 24.2. The summed E-state index contributed by atoms with van der Waals surface area (Å²) in [5.74, 6) is 0.828. The van der Waals surface area contributed by atoms with Crippen LogP contribution in [0.2, 0.25) is 0 Å². The molecule has 2 N–H and O–H groups in total. The Kier molecular flexibility index (Phi) is 5.22. The van der Waals surface area contributed by atoms with E-state index in [0.29, 0.717) is 53.8 Å². The third-order valence-corrected chi connectivity index (χ3v) is 4.65. The van der Waals surface area contributed by atoms with Crippen LogP contribution in [-0.4, -0.2) is 52.1 Å². The summed E-state index contributed by atoms with van der Waals surface area (Å²) in [6.45, 7) is 2.82. The molecule has 2 aromatic heterocycles. The number of nitrogens with zero attached hydrogens (tertiary/aromatic N) is 4.